The second kappa shape index (κ2) is 8.63. The van der Waals surface area contributed by atoms with Crippen molar-refractivity contribution in [1.29, 1.82) is 0 Å². The molecule has 0 unspecified atom stereocenters. The first-order valence-corrected chi connectivity index (χ1v) is 8.15. The van der Waals surface area contributed by atoms with Crippen LogP contribution in [0.15, 0.2) is 78.2 Å². The average Bonchev–Trinajstić information content (AvgIpc) is 2.69. The third-order valence-electron chi connectivity index (χ3n) is 3.69. The van der Waals surface area contributed by atoms with Gasteiger partial charge in [-0.15, -0.1) is 0 Å². The first-order valence-electron chi connectivity index (χ1n) is 8.15. The van der Waals surface area contributed by atoms with Crippen molar-refractivity contribution in [3.63, 3.8) is 0 Å². The molecule has 0 aliphatic carbocycles. The van der Waals surface area contributed by atoms with E-state index >= 15 is 0 Å². The van der Waals surface area contributed by atoms with Crippen molar-refractivity contribution < 1.29 is 18.4 Å². The highest BCUT2D eigenvalue weighted by Crippen LogP contribution is 2.12. The normalized spacial score (nSPS) is 11.0. The molecule has 0 spiro atoms. The van der Waals surface area contributed by atoms with E-state index in [2.05, 4.69) is 15.5 Å². The number of aromatic nitrogens is 1. The molecule has 2 N–H and O–H groups in total. The number of rotatable bonds is 4. The van der Waals surface area contributed by atoms with E-state index in [9.17, 15) is 18.4 Å². The Kier molecular flexibility index (Phi) is 5.81. The summed E-state index contributed by atoms with van der Waals surface area (Å²) in [6.07, 6.45) is 3.14. The fraction of sp³-hybridized carbons (Fsp3) is 0. The summed E-state index contributed by atoms with van der Waals surface area (Å²) in [6, 6.07) is 14.3. The van der Waals surface area contributed by atoms with Gasteiger partial charge in [0.05, 0.1) is 5.71 Å². The van der Waals surface area contributed by atoms with Crippen LogP contribution in [0, 0.1) is 11.6 Å². The molecule has 0 radical (unpaired) electrons. The summed E-state index contributed by atoms with van der Waals surface area (Å²) in [7, 11) is 0. The van der Waals surface area contributed by atoms with Crippen LogP contribution < -0.4 is 10.7 Å². The van der Waals surface area contributed by atoms with E-state index in [-0.39, 0.29) is 0 Å². The molecule has 0 bridgehead atoms. The van der Waals surface area contributed by atoms with Crippen molar-refractivity contribution in [2.24, 2.45) is 5.10 Å². The van der Waals surface area contributed by atoms with Gasteiger partial charge in [-0.2, -0.15) is 5.10 Å². The molecule has 3 aromatic rings. The summed E-state index contributed by atoms with van der Waals surface area (Å²) in [5.41, 5.74) is 3.12. The van der Waals surface area contributed by atoms with E-state index in [4.69, 9.17) is 0 Å². The van der Waals surface area contributed by atoms with E-state index < -0.39 is 29.1 Å². The highest BCUT2D eigenvalue weighted by molar-refractivity contribution is 6.13. The van der Waals surface area contributed by atoms with Gasteiger partial charge in [0, 0.05) is 23.5 Å². The van der Waals surface area contributed by atoms with Gasteiger partial charge in [0.2, 0.25) is 0 Å². The highest BCUT2D eigenvalue weighted by Gasteiger charge is 2.19. The predicted octanol–water partition coefficient (Wildman–Crippen LogP) is 3.25. The number of carbonyl (C=O) groups is 2. The van der Waals surface area contributed by atoms with Crippen LogP contribution in [-0.4, -0.2) is 22.6 Å². The van der Waals surface area contributed by atoms with Crippen LogP contribution in [0.4, 0.5) is 13.6 Å². The molecule has 0 atom stereocenters. The Morgan fingerprint density at radius 1 is 0.821 bits per heavy atom. The van der Waals surface area contributed by atoms with Gasteiger partial charge in [-0.05, 0) is 24.3 Å². The Balaban J connectivity index is 1.79. The minimum Gasteiger partial charge on any atom is -0.272 e. The van der Waals surface area contributed by atoms with Crippen molar-refractivity contribution in [1.82, 2.24) is 15.7 Å². The quantitative estimate of drug-likeness (QED) is 0.538. The van der Waals surface area contributed by atoms with E-state index in [1.807, 2.05) is 11.4 Å². The van der Waals surface area contributed by atoms with Gasteiger partial charge in [0.25, 0.3) is 5.91 Å². The number of benzene rings is 2. The maximum absolute atomic E-state index is 13.6. The van der Waals surface area contributed by atoms with Crippen LogP contribution in [0.2, 0.25) is 0 Å². The highest BCUT2D eigenvalue weighted by atomic mass is 19.1. The Morgan fingerprint density at radius 3 is 2.07 bits per heavy atom. The summed E-state index contributed by atoms with van der Waals surface area (Å²) in [4.78, 5) is 27.9. The third-order valence-corrected chi connectivity index (χ3v) is 3.69. The second-order valence-electron chi connectivity index (χ2n) is 5.55. The predicted molar refractivity (Wildman–Crippen MR) is 98.7 cm³/mol. The number of halogens is 2. The lowest BCUT2D eigenvalue weighted by atomic mass is 10.0. The van der Waals surface area contributed by atoms with Crippen molar-refractivity contribution >= 4 is 17.6 Å². The van der Waals surface area contributed by atoms with E-state index in [1.165, 1.54) is 0 Å². The lowest BCUT2D eigenvalue weighted by Crippen LogP contribution is -2.38. The average molecular weight is 380 g/mol. The Morgan fingerprint density at radius 2 is 1.43 bits per heavy atom. The van der Waals surface area contributed by atoms with Crippen molar-refractivity contribution in [2.45, 2.75) is 0 Å². The first-order chi connectivity index (χ1) is 13.6. The molecule has 3 amide bonds. The fourth-order valence-corrected chi connectivity index (χ4v) is 2.42. The Labute approximate surface area is 158 Å². The number of nitrogens with one attached hydrogen (secondary N) is 2. The van der Waals surface area contributed by atoms with E-state index in [1.54, 1.807) is 48.8 Å². The summed E-state index contributed by atoms with van der Waals surface area (Å²) in [5.74, 6) is -3.36. The van der Waals surface area contributed by atoms with Crippen molar-refractivity contribution in [3.05, 3.63) is 101 Å². The minimum absolute atomic E-state index is 0.419. The molecule has 28 heavy (non-hydrogen) atoms. The Hall–Kier alpha value is -3.94. The van der Waals surface area contributed by atoms with Crippen LogP contribution in [0.25, 0.3) is 0 Å². The third kappa shape index (κ3) is 4.42. The number of pyridine rings is 1. The van der Waals surface area contributed by atoms with Crippen LogP contribution in [0.1, 0.15) is 21.5 Å². The van der Waals surface area contributed by atoms with Gasteiger partial charge >= 0.3 is 6.03 Å². The number of nitrogens with zero attached hydrogens (tertiary/aromatic N) is 2. The molecule has 2 aromatic carbocycles. The maximum Gasteiger partial charge on any atom is 0.342 e. The summed E-state index contributed by atoms with van der Waals surface area (Å²) in [6.45, 7) is 0. The number of urea groups is 1. The molecule has 140 valence electrons. The van der Waals surface area contributed by atoms with Crippen LogP contribution in [0.3, 0.4) is 0 Å². The molecule has 1 heterocycles. The smallest absolute Gasteiger partial charge is 0.272 e. The summed E-state index contributed by atoms with van der Waals surface area (Å²) in [5, 5.41) is 5.89. The van der Waals surface area contributed by atoms with Crippen LogP contribution >= 0.6 is 0 Å². The standard InChI is InChI=1S/C20H14F2N4O2/c21-15-7-4-8-16(22)17(15)19(27)24-20(28)26-25-18(13-5-2-1-3-6-13)14-9-11-23-12-10-14/h1-12H,(H2,24,26,27,28). The van der Waals surface area contributed by atoms with Gasteiger partial charge in [-0.25, -0.2) is 19.0 Å². The molecule has 3 rings (SSSR count). The molecule has 0 aliphatic rings. The minimum atomic E-state index is -1.21. The second-order valence-corrected chi connectivity index (χ2v) is 5.55. The number of hydrogen-bond acceptors (Lipinski definition) is 4. The molecular formula is C20H14F2N4O2. The van der Waals surface area contributed by atoms with Crippen LogP contribution in [-0.2, 0) is 0 Å². The zero-order valence-electron chi connectivity index (χ0n) is 14.4. The van der Waals surface area contributed by atoms with Gasteiger partial charge in [-0.1, -0.05) is 36.4 Å². The molecule has 0 saturated carbocycles. The van der Waals surface area contributed by atoms with E-state index in [0.717, 1.165) is 18.2 Å². The topological polar surface area (TPSA) is 83.4 Å². The van der Waals surface area contributed by atoms with Gasteiger partial charge in [0.1, 0.15) is 17.2 Å². The van der Waals surface area contributed by atoms with Gasteiger partial charge in [-0.3, -0.25) is 15.1 Å². The molecule has 1 aromatic heterocycles. The number of hydrazone groups is 1. The number of carbonyl (C=O) groups excluding carboxylic acids is 2. The number of amides is 3. The summed E-state index contributed by atoms with van der Waals surface area (Å²) >= 11 is 0. The van der Waals surface area contributed by atoms with Crippen molar-refractivity contribution in [2.75, 3.05) is 0 Å². The molecule has 8 heteroatoms. The zero-order chi connectivity index (χ0) is 19.9. The molecular weight excluding hydrogens is 366 g/mol. The molecule has 6 nitrogen and oxygen atoms in total. The number of hydrogen-bond donors (Lipinski definition) is 2. The lowest BCUT2D eigenvalue weighted by molar-refractivity contribution is 0.0956. The largest absolute Gasteiger partial charge is 0.342 e. The first kappa shape index (κ1) is 18.8. The number of imide groups is 1. The van der Waals surface area contributed by atoms with Gasteiger partial charge in [0.15, 0.2) is 0 Å². The lowest BCUT2D eigenvalue weighted by Gasteiger charge is -2.09. The molecule has 0 aliphatic heterocycles. The van der Waals surface area contributed by atoms with Gasteiger partial charge < -0.3 is 0 Å². The summed E-state index contributed by atoms with van der Waals surface area (Å²) < 4.78 is 27.3. The fourth-order valence-electron chi connectivity index (χ4n) is 2.42. The monoisotopic (exact) mass is 380 g/mol. The maximum atomic E-state index is 13.6. The van der Waals surface area contributed by atoms with E-state index in [0.29, 0.717) is 16.8 Å². The molecule has 0 saturated heterocycles. The van der Waals surface area contributed by atoms with Crippen molar-refractivity contribution in [3.8, 4) is 0 Å². The SMILES string of the molecule is O=C(NN=C(c1ccccc1)c1ccncc1)NC(=O)c1c(F)cccc1F. The zero-order valence-corrected chi connectivity index (χ0v) is 14.4. The Bertz CT molecular complexity index is 963. The molecule has 0 fully saturated rings. The van der Waals surface area contributed by atoms with Crippen LogP contribution in [0.5, 0.6) is 0 Å².